The highest BCUT2D eigenvalue weighted by Gasteiger charge is 2.24. The zero-order valence-electron chi connectivity index (χ0n) is 13.3. The third kappa shape index (κ3) is 5.41. The number of nitrogens with zero attached hydrogens (tertiary/aromatic N) is 1. The smallest absolute Gasteiger partial charge is 0.137 e. The van der Waals surface area contributed by atoms with Gasteiger partial charge in [0, 0.05) is 32.7 Å². The van der Waals surface area contributed by atoms with Crippen LogP contribution in [0.1, 0.15) is 12.5 Å². The van der Waals surface area contributed by atoms with E-state index in [0.717, 1.165) is 31.9 Å². The van der Waals surface area contributed by atoms with Crippen LogP contribution in [0.5, 0.6) is 5.75 Å². The maximum atomic E-state index is 10.5. The molecule has 2 N–H and O–H groups in total. The maximum absolute atomic E-state index is 10.5. The van der Waals surface area contributed by atoms with E-state index in [4.69, 9.17) is 21.1 Å². The van der Waals surface area contributed by atoms with Crippen LogP contribution >= 0.6 is 11.6 Å². The molecular weight excluding hydrogens is 304 g/mol. The Hall–Kier alpha value is -0.850. The molecule has 6 heteroatoms. The second-order valence-electron chi connectivity index (χ2n) is 5.96. The van der Waals surface area contributed by atoms with Gasteiger partial charge in [0.1, 0.15) is 5.75 Å². The van der Waals surface area contributed by atoms with E-state index in [1.807, 2.05) is 25.1 Å². The minimum absolute atomic E-state index is 0.522. The number of ether oxygens (including phenoxy) is 2. The molecule has 0 spiro atoms. The highest BCUT2D eigenvalue weighted by atomic mass is 35.5. The first-order valence-corrected chi connectivity index (χ1v) is 7.93. The Labute approximate surface area is 137 Å². The fourth-order valence-corrected chi connectivity index (χ4v) is 2.87. The summed E-state index contributed by atoms with van der Waals surface area (Å²) in [4.78, 5) is 2.23. The Morgan fingerprint density at radius 2 is 2.14 bits per heavy atom. The van der Waals surface area contributed by atoms with E-state index >= 15 is 0 Å². The second-order valence-corrected chi connectivity index (χ2v) is 6.37. The van der Waals surface area contributed by atoms with Crippen molar-refractivity contribution < 1.29 is 14.6 Å². The first kappa shape index (κ1) is 17.5. The van der Waals surface area contributed by atoms with Crippen LogP contribution in [0, 0.1) is 0 Å². The van der Waals surface area contributed by atoms with E-state index in [1.54, 1.807) is 7.11 Å². The largest absolute Gasteiger partial charge is 0.495 e. The van der Waals surface area contributed by atoms with Gasteiger partial charge in [-0.3, -0.25) is 4.90 Å². The molecule has 1 unspecified atom stereocenters. The quantitative estimate of drug-likeness (QED) is 0.795. The number of methoxy groups -OCH3 is 1. The first-order valence-electron chi connectivity index (χ1n) is 7.56. The topological polar surface area (TPSA) is 54.0 Å². The van der Waals surface area contributed by atoms with Gasteiger partial charge in [-0.15, -0.1) is 0 Å². The average Bonchev–Trinajstić information content (AvgIpc) is 2.48. The molecule has 0 aliphatic carbocycles. The predicted molar refractivity (Wildman–Crippen MR) is 87.6 cm³/mol. The van der Waals surface area contributed by atoms with Crippen molar-refractivity contribution in [2.45, 2.75) is 19.1 Å². The number of hydrogen-bond donors (Lipinski definition) is 2. The molecule has 0 aromatic heterocycles. The lowest BCUT2D eigenvalue weighted by Crippen LogP contribution is -2.50. The van der Waals surface area contributed by atoms with Crippen LogP contribution in [-0.2, 0) is 11.3 Å². The monoisotopic (exact) mass is 328 g/mol. The fourth-order valence-electron chi connectivity index (χ4n) is 2.59. The van der Waals surface area contributed by atoms with E-state index in [9.17, 15) is 5.11 Å². The van der Waals surface area contributed by atoms with E-state index in [0.29, 0.717) is 30.4 Å². The molecule has 1 heterocycles. The summed E-state index contributed by atoms with van der Waals surface area (Å²) in [5, 5.41) is 14.4. The molecule has 1 aromatic rings. The Balaban J connectivity index is 1.77. The van der Waals surface area contributed by atoms with Crippen LogP contribution in [0.3, 0.4) is 0 Å². The van der Waals surface area contributed by atoms with Gasteiger partial charge in [0.25, 0.3) is 0 Å². The van der Waals surface area contributed by atoms with E-state index in [1.165, 1.54) is 0 Å². The molecule has 124 valence electrons. The van der Waals surface area contributed by atoms with Gasteiger partial charge < -0.3 is 19.9 Å². The molecule has 1 aliphatic heterocycles. The molecule has 0 radical (unpaired) electrons. The summed E-state index contributed by atoms with van der Waals surface area (Å²) in [5.74, 6) is 0.671. The first-order chi connectivity index (χ1) is 10.5. The highest BCUT2D eigenvalue weighted by Crippen LogP contribution is 2.24. The molecule has 1 aromatic carbocycles. The normalized spacial score (nSPS) is 18.9. The highest BCUT2D eigenvalue weighted by molar-refractivity contribution is 6.32. The van der Waals surface area contributed by atoms with Crippen molar-refractivity contribution in [1.29, 1.82) is 0 Å². The minimum Gasteiger partial charge on any atom is -0.495 e. The average molecular weight is 329 g/mol. The number of halogens is 1. The van der Waals surface area contributed by atoms with Crippen LogP contribution < -0.4 is 10.1 Å². The lowest BCUT2D eigenvalue weighted by Gasteiger charge is -2.34. The molecule has 0 saturated carbocycles. The molecular formula is C16H25ClN2O3. The number of morpholine rings is 1. The fraction of sp³-hybridized carbons (Fsp3) is 0.625. The lowest BCUT2D eigenvalue weighted by molar-refractivity contribution is -0.0219. The van der Waals surface area contributed by atoms with Crippen molar-refractivity contribution in [3.8, 4) is 5.75 Å². The van der Waals surface area contributed by atoms with E-state index in [-0.39, 0.29) is 0 Å². The number of β-amino-alcohol motifs (C(OH)–C–C–N with tert-alkyl or cyclic N) is 1. The second kappa shape index (κ2) is 8.13. The van der Waals surface area contributed by atoms with Crippen LogP contribution in [0.4, 0.5) is 0 Å². The zero-order valence-corrected chi connectivity index (χ0v) is 14.0. The van der Waals surface area contributed by atoms with Crippen LogP contribution in [0.15, 0.2) is 18.2 Å². The standard InChI is InChI=1S/C16H25ClN2O3/c1-16(20,12-19-5-7-22-8-6-19)11-18-10-13-3-4-15(21-2)14(17)9-13/h3-4,9,18,20H,5-8,10-12H2,1-2H3. The van der Waals surface area contributed by atoms with Gasteiger partial charge in [0.05, 0.1) is 30.9 Å². The predicted octanol–water partition coefficient (Wildman–Crippen LogP) is 1.52. The maximum Gasteiger partial charge on any atom is 0.137 e. The Bertz CT molecular complexity index is 476. The Kier molecular flexibility index (Phi) is 6.47. The molecule has 1 saturated heterocycles. The third-order valence-corrected chi connectivity index (χ3v) is 4.01. The van der Waals surface area contributed by atoms with Crippen molar-refractivity contribution in [3.05, 3.63) is 28.8 Å². The van der Waals surface area contributed by atoms with Crippen LogP contribution in [0.2, 0.25) is 5.02 Å². The summed E-state index contributed by atoms with van der Waals surface area (Å²) in [5.41, 5.74) is 0.293. The molecule has 1 fully saturated rings. The summed E-state index contributed by atoms with van der Waals surface area (Å²) < 4.78 is 10.5. The number of rotatable bonds is 7. The van der Waals surface area contributed by atoms with Gasteiger partial charge in [-0.05, 0) is 24.6 Å². The molecule has 22 heavy (non-hydrogen) atoms. The molecule has 5 nitrogen and oxygen atoms in total. The lowest BCUT2D eigenvalue weighted by atomic mass is 10.1. The van der Waals surface area contributed by atoms with Crippen molar-refractivity contribution >= 4 is 11.6 Å². The van der Waals surface area contributed by atoms with Crippen molar-refractivity contribution in [1.82, 2.24) is 10.2 Å². The zero-order chi connectivity index (χ0) is 16.0. The van der Waals surface area contributed by atoms with E-state index < -0.39 is 5.60 Å². The summed E-state index contributed by atoms with van der Waals surface area (Å²) >= 11 is 6.11. The van der Waals surface area contributed by atoms with Gasteiger partial charge in [-0.25, -0.2) is 0 Å². The molecule has 2 rings (SSSR count). The third-order valence-electron chi connectivity index (χ3n) is 3.72. The molecule has 0 bridgehead atoms. The minimum atomic E-state index is -0.770. The van der Waals surface area contributed by atoms with Crippen LogP contribution in [0.25, 0.3) is 0 Å². The van der Waals surface area contributed by atoms with Crippen molar-refractivity contribution in [2.75, 3.05) is 46.5 Å². The van der Waals surface area contributed by atoms with Gasteiger partial charge >= 0.3 is 0 Å². The number of hydrogen-bond acceptors (Lipinski definition) is 5. The SMILES string of the molecule is COc1ccc(CNCC(C)(O)CN2CCOCC2)cc1Cl. The number of nitrogens with one attached hydrogen (secondary N) is 1. The molecule has 1 atom stereocenters. The van der Waals surface area contributed by atoms with Crippen molar-refractivity contribution in [2.24, 2.45) is 0 Å². The number of aliphatic hydroxyl groups is 1. The van der Waals surface area contributed by atoms with Gasteiger partial charge in [0.15, 0.2) is 0 Å². The van der Waals surface area contributed by atoms with E-state index in [2.05, 4.69) is 10.2 Å². The van der Waals surface area contributed by atoms with Gasteiger partial charge in [-0.1, -0.05) is 17.7 Å². The van der Waals surface area contributed by atoms with Crippen LogP contribution in [-0.4, -0.2) is 62.1 Å². The van der Waals surface area contributed by atoms with Crippen molar-refractivity contribution in [3.63, 3.8) is 0 Å². The summed E-state index contributed by atoms with van der Waals surface area (Å²) in [6.45, 7) is 6.93. The molecule has 1 aliphatic rings. The summed E-state index contributed by atoms with van der Waals surface area (Å²) in [6, 6.07) is 5.70. The van der Waals surface area contributed by atoms with Gasteiger partial charge in [0.2, 0.25) is 0 Å². The number of benzene rings is 1. The molecule has 0 amide bonds. The van der Waals surface area contributed by atoms with Gasteiger partial charge in [-0.2, -0.15) is 0 Å². The summed E-state index contributed by atoms with van der Waals surface area (Å²) in [6.07, 6.45) is 0. The Morgan fingerprint density at radius 1 is 1.41 bits per heavy atom. The summed E-state index contributed by atoms with van der Waals surface area (Å²) in [7, 11) is 1.60. The Morgan fingerprint density at radius 3 is 2.77 bits per heavy atom.